The summed E-state index contributed by atoms with van der Waals surface area (Å²) in [6.45, 7) is 3.99. The molecular weight excluding hydrogens is 180 g/mol. The lowest BCUT2D eigenvalue weighted by atomic mass is 9.99. The Hall–Kier alpha value is -0.760. The zero-order valence-electron chi connectivity index (χ0n) is 7.95. The molecule has 70 valence electrons. The van der Waals surface area contributed by atoms with Gasteiger partial charge in [0.15, 0.2) is 0 Å². The quantitative estimate of drug-likeness (QED) is 0.578. The maximum atomic E-state index is 10.6. The van der Waals surface area contributed by atoms with E-state index in [1.165, 1.54) is 5.56 Å². The smallest absolute Gasteiger partial charge is 0.127 e. The molecule has 0 N–H and O–H groups in total. The molecule has 0 aromatic heterocycles. The third kappa shape index (κ3) is 2.59. The van der Waals surface area contributed by atoms with E-state index in [2.05, 4.69) is 25.6 Å². The van der Waals surface area contributed by atoms with Crippen LogP contribution >= 0.6 is 12.6 Å². The van der Waals surface area contributed by atoms with Crippen molar-refractivity contribution in [1.29, 1.82) is 0 Å². The van der Waals surface area contributed by atoms with E-state index >= 15 is 0 Å². The standard InChI is InChI=1S/C11H14OS/c1-3-9-4-10(8(2)7-12)6-11(13)5-9/h4-8,13H,3H2,1-2H3. The van der Waals surface area contributed by atoms with Gasteiger partial charge >= 0.3 is 0 Å². The van der Waals surface area contributed by atoms with E-state index in [0.717, 1.165) is 23.2 Å². The molecule has 0 amide bonds. The first kappa shape index (κ1) is 10.3. The number of thiol groups is 1. The Morgan fingerprint density at radius 2 is 2.15 bits per heavy atom. The highest BCUT2D eigenvalue weighted by Gasteiger charge is 2.05. The number of hydrogen-bond acceptors (Lipinski definition) is 2. The number of hydrogen-bond donors (Lipinski definition) is 1. The lowest BCUT2D eigenvalue weighted by Crippen LogP contribution is -1.95. The maximum Gasteiger partial charge on any atom is 0.127 e. The summed E-state index contributed by atoms with van der Waals surface area (Å²) < 4.78 is 0. The molecule has 0 aliphatic heterocycles. The summed E-state index contributed by atoms with van der Waals surface area (Å²) in [5, 5.41) is 0. The van der Waals surface area contributed by atoms with Crippen LogP contribution in [0.2, 0.25) is 0 Å². The molecule has 13 heavy (non-hydrogen) atoms. The predicted molar refractivity (Wildman–Crippen MR) is 57.6 cm³/mol. The first-order chi connectivity index (χ1) is 6.17. The van der Waals surface area contributed by atoms with Crippen LogP contribution < -0.4 is 0 Å². The second-order valence-corrected chi connectivity index (χ2v) is 3.73. The zero-order chi connectivity index (χ0) is 9.84. The van der Waals surface area contributed by atoms with Gasteiger partial charge in [-0.15, -0.1) is 12.6 Å². The fraction of sp³-hybridized carbons (Fsp3) is 0.364. The minimum absolute atomic E-state index is 0.0302. The van der Waals surface area contributed by atoms with Gasteiger partial charge in [-0.3, -0.25) is 0 Å². The average Bonchev–Trinajstić information content (AvgIpc) is 2.15. The van der Waals surface area contributed by atoms with Crippen molar-refractivity contribution >= 4 is 18.9 Å². The molecule has 0 aliphatic rings. The number of carbonyl (C=O) groups is 1. The molecule has 1 rings (SSSR count). The van der Waals surface area contributed by atoms with E-state index in [-0.39, 0.29) is 5.92 Å². The van der Waals surface area contributed by atoms with Crippen molar-refractivity contribution in [2.75, 3.05) is 0 Å². The van der Waals surface area contributed by atoms with Crippen molar-refractivity contribution in [3.63, 3.8) is 0 Å². The molecule has 1 aromatic rings. The van der Waals surface area contributed by atoms with Gasteiger partial charge in [0, 0.05) is 10.8 Å². The highest BCUT2D eigenvalue weighted by molar-refractivity contribution is 7.80. The number of aryl methyl sites for hydroxylation is 1. The number of rotatable bonds is 3. The largest absolute Gasteiger partial charge is 0.303 e. The topological polar surface area (TPSA) is 17.1 Å². The van der Waals surface area contributed by atoms with Crippen LogP contribution in [0.25, 0.3) is 0 Å². The third-order valence-electron chi connectivity index (χ3n) is 2.14. The molecule has 1 unspecified atom stereocenters. The van der Waals surface area contributed by atoms with Crippen LogP contribution in [0.1, 0.15) is 30.9 Å². The fourth-order valence-electron chi connectivity index (χ4n) is 1.25. The van der Waals surface area contributed by atoms with Crippen molar-refractivity contribution in [2.24, 2.45) is 0 Å². The highest BCUT2D eigenvalue weighted by atomic mass is 32.1. The monoisotopic (exact) mass is 194 g/mol. The van der Waals surface area contributed by atoms with Crippen LogP contribution in [-0.4, -0.2) is 6.29 Å². The van der Waals surface area contributed by atoms with Gasteiger partial charge in [-0.2, -0.15) is 0 Å². The summed E-state index contributed by atoms with van der Waals surface area (Å²) in [5.74, 6) is -0.0302. The van der Waals surface area contributed by atoms with Crippen LogP contribution in [0.3, 0.4) is 0 Å². The first-order valence-electron chi connectivity index (χ1n) is 4.45. The molecule has 0 aliphatic carbocycles. The van der Waals surface area contributed by atoms with Crippen molar-refractivity contribution in [3.8, 4) is 0 Å². The number of benzene rings is 1. The summed E-state index contributed by atoms with van der Waals surface area (Å²) in [4.78, 5) is 11.5. The van der Waals surface area contributed by atoms with E-state index in [0.29, 0.717) is 0 Å². The Labute approximate surface area is 84.6 Å². The van der Waals surface area contributed by atoms with E-state index in [1.807, 2.05) is 19.1 Å². The molecule has 0 heterocycles. The number of carbonyl (C=O) groups excluding carboxylic acids is 1. The van der Waals surface area contributed by atoms with Crippen LogP contribution in [0.5, 0.6) is 0 Å². The predicted octanol–water partition coefficient (Wildman–Crippen LogP) is 2.84. The molecule has 0 bridgehead atoms. The molecule has 0 spiro atoms. The Bertz CT molecular complexity index is 307. The van der Waals surface area contributed by atoms with Crippen molar-refractivity contribution < 1.29 is 4.79 Å². The zero-order valence-corrected chi connectivity index (χ0v) is 8.84. The Balaban J connectivity index is 3.07. The molecule has 2 heteroatoms. The minimum Gasteiger partial charge on any atom is -0.303 e. The fourth-order valence-corrected chi connectivity index (χ4v) is 1.56. The van der Waals surface area contributed by atoms with E-state index in [4.69, 9.17) is 0 Å². The van der Waals surface area contributed by atoms with Crippen LogP contribution in [-0.2, 0) is 11.2 Å². The van der Waals surface area contributed by atoms with Crippen molar-refractivity contribution in [1.82, 2.24) is 0 Å². The molecule has 1 aromatic carbocycles. The third-order valence-corrected chi connectivity index (χ3v) is 2.40. The van der Waals surface area contributed by atoms with Crippen LogP contribution in [0.15, 0.2) is 23.1 Å². The van der Waals surface area contributed by atoms with Crippen LogP contribution in [0, 0.1) is 0 Å². The molecule has 0 saturated heterocycles. The number of aldehydes is 1. The van der Waals surface area contributed by atoms with Crippen LogP contribution in [0.4, 0.5) is 0 Å². The van der Waals surface area contributed by atoms with Gasteiger partial charge in [-0.25, -0.2) is 0 Å². The summed E-state index contributed by atoms with van der Waals surface area (Å²) >= 11 is 4.30. The van der Waals surface area contributed by atoms with Crippen molar-refractivity contribution in [3.05, 3.63) is 29.3 Å². The lowest BCUT2D eigenvalue weighted by molar-refractivity contribution is -0.108. The summed E-state index contributed by atoms with van der Waals surface area (Å²) in [7, 11) is 0. The minimum atomic E-state index is -0.0302. The molecule has 0 radical (unpaired) electrons. The molecule has 0 fully saturated rings. The second-order valence-electron chi connectivity index (χ2n) is 3.21. The van der Waals surface area contributed by atoms with Gasteiger partial charge < -0.3 is 4.79 Å². The van der Waals surface area contributed by atoms with Gasteiger partial charge in [-0.05, 0) is 29.7 Å². The highest BCUT2D eigenvalue weighted by Crippen LogP contribution is 2.19. The van der Waals surface area contributed by atoms with Crippen molar-refractivity contribution in [2.45, 2.75) is 31.1 Å². The average molecular weight is 194 g/mol. The molecular formula is C11H14OS. The van der Waals surface area contributed by atoms with Gasteiger partial charge in [0.2, 0.25) is 0 Å². The summed E-state index contributed by atoms with van der Waals surface area (Å²) in [6.07, 6.45) is 1.94. The van der Waals surface area contributed by atoms with E-state index < -0.39 is 0 Å². The van der Waals surface area contributed by atoms with E-state index in [9.17, 15) is 4.79 Å². The van der Waals surface area contributed by atoms with Gasteiger partial charge in [0.05, 0.1) is 0 Å². The first-order valence-corrected chi connectivity index (χ1v) is 4.90. The summed E-state index contributed by atoms with van der Waals surface area (Å²) in [5.41, 5.74) is 2.29. The molecule has 0 saturated carbocycles. The maximum absolute atomic E-state index is 10.6. The van der Waals surface area contributed by atoms with Gasteiger partial charge in [-0.1, -0.05) is 19.9 Å². The second kappa shape index (κ2) is 4.47. The Morgan fingerprint density at radius 3 is 2.69 bits per heavy atom. The summed E-state index contributed by atoms with van der Waals surface area (Å²) in [6, 6.07) is 6.05. The normalized spacial score (nSPS) is 12.5. The Morgan fingerprint density at radius 1 is 1.46 bits per heavy atom. The van der Waals surface area contributed by atoms with E-state index in [1.54, 1.807) is 0 Å². The van der Waals surface area contributed by atoms with Gasteiger partial charge in [0.1, 0.15) is 6.29 Å². The Kier molecular flexibility index (Phi) is 3.55. The lowest BCUT2D eigenvalue weighted by Gasteiger charge is -2.07. The molecule has 1 nitrogen and oxygen atoms in total. The SMILES string of the molecule is CCc1cc(S)cc(C(C)C=O)c1. The van der Waals surface area contributed by atoms with Gasteiger partial charge in [0.25, 0.3) is 0 Å². The molecule has 1 atom stereocenters.